The Morgan fingerprint density at radius 1 is 1.50 bits per heavy atom. The molecule has 0 aliphatic rings. The Morgan fingerprint density at radius 3 is 2.50 bits per heavy atom. The Kier molecular flexibility index (Phi) is 4.13. The van der Waals surface area contributed by atoms with Crippen molar-refractivity contribution >= 4 is 23.2 Å². The molecule has 0 unspecified atom stereocenters. The first kappa shape index (κ1) is 11.7. The molecule has 0 saturated heterocycles. The van der Waals surface area contributed by atoms with Crippen molar-refractivity contribution in [2.45, 2.75) is 32.2 Å². The molecule has 0 atom stereocenters. The van der Waals surface area contributed by atoms with E-state index in [0.29, 0.717) is 6.54 Å². The lowest BCUT2D eigenvalue weighted by molar-refractivity contribution is 0.144. The molecule has 0 saturated carbocycles. The van der Waals surface area contributed by atoms with Crippen molar-refractivity contribution in [1.82, 2.24) is 9.78 Å². The molecule has 0 spiro atoms. The van der Waals surface area contributed by atoms with Crippen LogP contribution < -0.4 is 0 Å². The van der Waals surface area contributed by atoms with Crippen molar-refractivity contribution in [3.8, 4) is 0 Å². The maximum absolute atomic E-state index is 12.5. The number of hydrogen-bond donors (Lipinski definition) is 0. The molecule has 0 aliphatic carbocycles. The SMILES string of the molecule is CCCn1nc(C(F)F)c(CCl)c1Cl. The summed E-state index contributed by atoms with van der Waals surface area (Å²) in [6.45, 7) is 2.44. The molecule has 1 rings (SSSR count). The van der Waals surface area contributed by atoms with Crippen LogP contribution >= 0.6 is 23.2 Å². The van der Waals surface area contributed by atoms with Crippen LogP contribution in [0.4, 0.5) is 8.78 Å². The third kappa shape index (κ3) is 2.17. The minimum atomic E-state index is -2.63. The highest BCUT2D eigenvalue weighted by molar-refractivity contribution is 6.31. The molecule has 0 bridgehead atoms. The first-order chi connectivity index (χ1) is 6.61. The van der Waals surface area contributed by atoms with Gasteiger partial charge in [-0.25, -0.2) is 8.78 Å². The van der Waals surface area contributed by atoms with E-state index in [-0.39, 0.29) is 22.3 Å². The summed E-state index contributed by atoms with van der Waals surface area (Å²) in [4.78, 5) is 0. The van der Waals surface area contributed by atoms with Gasteiger partial charge in [0.05, 0.1) is 5.88 Å². The average Bonchev–Trinajstić information content (AvgIpc) is 2.44. The third-order valence-corrected chi connectivity index (χ3v) is 2.48. The summed E-state index contributed by atoms with van der Waals surface area (Å²) >= 11 is 11.4. The number of alkyl halides is 3. The Hall–Kier alpha value is -0.350. The zero-order chi connectivity index (χ0) is 10.7. The smallest absolute Gasteiger partial charge is 0.253 e. The normalized spacial score (nSPS) is 11.3. The van der Waals surface area contributed by atoms with Gasteiger partial charge in [0.1, 0.15) is 10.8 Å². The Morgan fingerprint density at radius 2 is 2.14 bits per heavy atom. The van der Waals surface area contributed by atoms with Crippen molar-refractivity contribution in [3.63, 3.8) is 0 Å². The highest BCUT2D eigenvalue weighted by Gasteiger charge is 2.21. The Balaban J connectivity index is 3.11. The molecule has 6 heteroatoms. The molecule has 0 radical (unpaired) electrons. The first-order valence-corrected chi connectivity index (χ1v) is 5.12. The maximum atomic E-state index is 12.5. The highest BCUT2D eigenvalue weighted by atomic mass is 35.5. The van der Waals surface area contributed by atoms with Crippen LogP contribution in [0.5, 0.6) is 0 Å². The van der Waals surface area contributed by atoms with Crippen LogP contribution in [-0.4, -0.2) is 9.78 Å². The van der Waals surface area contributed by atoms with Crippen molar-refractivity contribution in [2.75, 3.05) is 0 Å². The maximum Gasteiger partial charge on any atom is 0.282 e. The number of hydrogen-bond acceptors (Lipinski definition) is 1. The number of nitrogens with zero attached hydrogens (tertiary/aromatic N) is 2. The largest absolute Gasteiger partial charge is 0.282 e. The molecule has 1 aromatic rings. The second kappa shape index (κ2) is 4.94. The number of rotatable bonds is 4. The predicted octanol–water partition coefficient (Wildman–Crippen LogP) is 3.62. The summed E-state index contributed by atoms with van der Waals surface area (Å²) in [6, 6.07) is 0. The first-order valence-electron chi connectivity index (χ1n) is 4.21. The van der Waals surface area contributed by atoms with E-state index in [1.165, 1.54) is 4.68 Å². The molecule has 0 aliphatic heterocycles. The number of aromatic nitrogens is 2. The van der Waals surface area contributed by atoms with Crippen LogP contribution in [0.2, 0.25) is 5.15 Å². The van der Waals surface area contributed by atoms with Gasteiger partial charge in [0.25, 0.3) is 6.43 Å². The fourth-order valence-electron chi connectivity index (χ4n) is 1.15. The Labute approximate surface area is 90.8 Å². The Bertz CT molecular complexity index is 313. The van der Waals surface area contributed by atoms with Crippen molar-refractivity contribution in [1.29, 1.82) is 0 Å². The van der Waals surface area contributed by atoms with E-state index in [0.717, 1.165) is 6.42 Å². The quantitative estimate of drug-likeness (QED) is 0.738. The molecule has 0 aromatic carbocycles. The highest BCUT2D eigenvalue weighted by Crippen LogP contribution is 2.29. The van der Waals surface area contributed by atoms with Crippen molar-refractivity contribution in [3.05, 3.63) is 16.4 Å². The van der Waals surface area contributed by atoms with Crippen LogP contribution in [0.3, 0.4) is 0 Å². The zero-order valence-electron chi connectivity index (χ0n) is 7.60. The summed E-state index contributed by atoms with van der Waals surface area (Å²) in [6.07, 6.45) is -1.84. The molecule has 0 N–H and O–H groups in total. The van der Waals surface area contributed by atoms with Gasteiger partial charge in [-0.05, 0) is 6.42 Å². The van der Waals surface area contributed by atoms with Crippen molar-refractivity contribution in [2.24, 2.45) is 0 Å². The second-order valence-corrected chi connectivity index (χ2v) is 3.44. The zero-order valence-corrected chi connectivity index (χ0v) is 9.12. The summed E-state index contributed by atoms with van der Waals surface area (Å²) < 4.78 is 26.3. The lowest BCUT2D eigenvalue weighted by atomic mass is 10.3. The third-order valence-electron chi connectivity index (χ3n) is 1.79. The molecular weight excluding hydrogens is 233 g/mol. The average molecular weight is 243 g/mol. The van der Waals surface area contributed by atoms with Crippen LogP contribution in [0.1, 0.15) is 31.0 Å². The molecule has 0 amide bonds. The molecule has 2 nitrogen and oxygen atoms in total. The van der Waals surface area contributed by atoms with Gasteiger partial charge in [0.2, 0.25) is 0 Å². The van der Waals surface area contributed by atoms with Gasteiger partial charge in [0, 0.05) is 12.1 Å². The lowest BCUT2D eigenvalue weighted by Gasteiger charge is -1.98. The summed E-state index contributed by atoms with van der Waals surface area (Å²) in [7, 11) is 0. The minimum absolute atomic E-state index is 0.0395. The molecule has 1 aromatic heterocycles. The van der Waals surface area contributed by atoms with E-state index in [2.05, 4.69) is 5.10 Å². The molecule has 0 fully saturated rings. The number of aryl methyl sites for hydroxylation is 1. The minimum Gasteiger partial charge on any atom is -0.253 e. The fourth-order valence-corrected chi connectivity index (χ4v) is 1.77. The van der Waals surface area contributed by atoms with Gasteiger partial charge >= 0.3 is 0 Å². The van der Waals surface area contributed by atoms with Crippen LogP contribution in [0, 0.1) is 0 Å². The summed E-state index contributed by atoms with van der Waals surface area (Å²) in [5.41, 5.74) is -0.0739. The molecule has 80 valence electrons. The summed E-state index contributed by atoms with van der Waals surface area (Å²) in [5.74, 6) is -0.0395. The lowest BCUT2D eigenvalue weighted by Crippen LogP contribution is -1.99. The molecule has 1 heterocycles. The standard InChI is InChI=1S/C8H10Cl2F2N2/c1-2-3-14-7(10)5(4-9)6(13-14)8(11)12/h8H,2-4H2,1H3. The van der Waals surface area contributed by atoms with E-state index in [9.17, 15) is 8.78 Å². The summed E-state index contributed by atoms with van der Waals surface area (Å²) in [5, 5.41) is 3.94. The van der Waals surface area contributed by atoms with E-state index >= 15 is 0 Å². The van der Waals surface area contributed by atoms with Gasteiger partial charge in [-0.1, -0.05) is 18.5 Å². The van der Waals surface area contributed by atoms with Crippen LogP contribution in [0.25, 0.3) is 0 Å². The van der Waals surface area contributed by atoms with E-state index < -0.39 is 6.43 Å². The van der Waals surface area contributed by atoms with E-state index in [1.54, 1.807) is 0 Å². The monoisotopic (exact) mass is 242 g/mol. The second-order valence-electron chi connectivity index (χ2n) is 2.81. The van der Waals surface area contributed by atoms with Crippen LogP contribution in [-0.2, 0) is 12.4 Å². The predicted molar refractivity (Wildman–Crippen MR) is 52.0 cm³/mol. The van der Waals surface area contributed by atoms with Gasteiger partial charge in [-0.3, -0.25) is 4.68 Å². The fraction of sp³-hybridized carbons (Fsp3) is 0.625. The van der Waals surface area contributed by atoms with Gasteiger partial charge in [-0.15, -0.1) is 11.6 Å². The van der Waals surface area contributed by atoms with Gasteiger partial charge in [0.15, 0.2) is 0 Å². The van der Waals surface area contributed by atoms with Gasteiger partial charge < -0.3 is 0 Å². The van der Waals surface area contributed by atoms with E-state index in [4.69, 9.17) is 23.2 Å². The molecule has 14 heavy (non-hydrogen) atoms. The molecular formula is C8H10Cl2F2N2. The van der Waals surface area contributed by atoms with Crippen molar-refractivity contribution < 1.29 is 8.78 Å². The van der Waals surface area contributed by atoms with Crippen LogP contribution in [0.15, 0.2) is 0 Å². The van der Waals surface area contributed by atoms with Gasteiger partial charge in [-0.2, -0.15) is 5.10 Å². The number of halogens is 4. The van der Waals surface area contributed by atoms with E-state index in [1.807, 2.05) is 6.92 Å². The topological polar surface area (TPSA) is 17.8 Å².